The molecule has 0 radical (unpaired) electrons. The number of aliphatic carboxylic acids is 1. The van der Waals surface area contributed by atoms with Gasteiger partial charge >= 0.3 is 5.97 Å². The molecule has 2 rings (SSSR count). The lowest BCUT2D eigenvalue weighted by Gasteiger charge is -2.32. The predicted octanol–water partition coefficient (Wildman–Crippen LogP) is 1.30. The van der Waals surface area contributed by atoms with E-state index in [1.165, 1.54) is 0 Å². The number of benzene rings is 1. The average molecular weight is 307 g/mol. The molecule has 0 bridgehead atoms. The molecular weight excluding hydrogens is 286 g/mol. The van der Waals surface area contributed by atoms with Crippen LogP contribution in [0.25, 0.3) is 0 Å². The monoisotopic (exact) mass is 307 g/mol. The Balaban J connectivity index is 1.67. The standard InChI is InChI=1S/C16H21NO5/c18-15(6-8-21-12-13-4-2-1-3-5-13)17-7-9-22-14(11-17)10-16(19)20/h1-5,14H,6-12H2,(H,19,20). The van der Waals surface area contributed by atoms with Gasteiger partial charge in [0, 0.05) is 13.1 Å². The van der Waals surface area contributed by atoms with Crippen molar-refractivity contribution in [2.45, 2.75) is 25.6 Å². The molecule has 6 nitrogen and oxygen atoms in total. The van der Waals surface area contributed by atoms with Gasteiger partial charge in [-0.1, -0.05) is 30.3 Å². The van der Waals surface area contributed by atoms with Crippen LogP contribution < -0.4 is 0 Å². The summed E-state index contributed by atoms with van der Waals surface area (Å²) in [5, 5.41) is 8.77. The van der Waals surface area contributed by atoms with Crippen molar-refractivity contribution in [3.8, 4) is 0 Å². The molecule has 1 heterocycles. The van der Waals surface area contributed by atoms with E-state index in [9.17, 15) is 9.59 Å². The smallest absolute Gasteiger partial charge is 0.306 e. The quantitative estimate of drug-likeness (QED) is 0.768. The fourth-order valence-corrected chi connectivity index (χ4v) is 2.35. The Morgan fingerprint density at radius 2 is 2.09 bits per heavy atom. The van der Waals surface area contributed by atoms with Crippen LogP contribution in [0.1, 0.15) is 18.4 Å². The molecule has 0 aromatic heterocycles. The fraction of sp³-hybridized carbons (Fsp3) is 0.500. The van der Waals surface area contributed by atoms with Gasteiger partial charge in [-0.05, 0) is 5.56 Å². The molecule has 1 aliphatic rings. The van der Waals surface area contributed by atoms with Gasteiger partial charge in [0.15, 0.2) is 0 Å². The average Bonchev–Trinajstić information content (AvgIpc) is 2.52. The topological polar surface area (TPSA) is 76.1 Å². The lowest BCUT2D eigenvalue weighted by Crippen LogP contribution is -2.46. The van der Waals surface area contributed by atoms with Gasteiger partial charge in [0.05, 0.1) is 38.8 Å². The van der Waals surface area contributed by atoms with Crippen LogP contribution in [0.15, 0.2) is 30.3 Å². The van der Waals surface area contributed by atoms with Crippen molar-refractivity contribution < 1.29 is 24.2 Å². The zero-order valence-corrected chi connectivity index (χ0v) is 12.4. The maximum absolute atomic E-state index is 12.1. The van der Waals surface area contributed by atoms with Gasteiger partial charge in [0.25, 0.3) is 0 Å². The molecule has 1 unspecified atom stereocenters. The minimum atomic E-state index is -0.912. The van der Waals surface area contributed by atoms with Crippen LogP contribution >= 0.6 is 0 Å². The molecule has 120 valence electrons. The Morgan fingerprint density at radius 3 is 2.82 bits per heavy atom. The van der Waals surface area contributed by atoms with Crippen molar-refractivity contribution >= 4 is 11.9 Å². The van der Waals surface area contributed by atoms with Crippen LogP contribution in [0.2, 0.25) is 0 Å². The Labute approximate surface area is 129 Å². The number of hydrogen-bond donors (Lipinski definition) is 1. The molecule has 1 aromatic rings. The van der Waals surface area contributed by atoms with E-state index in [-0.39, 0.29) is 12.3 Å². The van der Waals surface area contributed by atoms with Crippen molar-refractivity contribution in [2.75, 3.05) is 26.3 Å². The van der Waals surface area contributed by atoms with E-state index in [2.05, 4.69) is 0 Å². The summed E-state index contributed by atoms with van der Waals surface area (Å²) in [7, 11) is 0. The minimum absolute atomic E-state index is 0.0215. The molecule has 1 amide bonds. The molecule has 1 saturated heterocycles. The number of nitrogens with zero attached hydrogens (tertiary/aromatic N) is 1. The van der Waals surface area contributed by atoms with Gasteiger partial charge in [-0.25, -0.2) is 0 Å². The second-order valence-corrected chi connectivity index (χ2v) is 5.22. The minimum Gasteiger partial charge on any atom is -0.481 e. The summed E-state index contributed by atoms with van der Waals surface area (Å²) in [6.07, 6.45) is -0.193. The van der Waals surface area contributed by atoms with Crippen molar-refractivity contribution in [3.05, 3.63) is 35.9 Å². The van der Waals surface area contributed by atoms with Crippen LogP contribution in [0.4, 0.5) is 0 Å². The summed E-state index contributed by atoms with van der Waals surface area (Å²) < 4.78 is 10.8. The number of ether oxygens (including phenoxy) is 2. The molecule has 1 atom stereocenters. The van der Waals surface area contributed by atoms with Crippen molar-refractivity contribution in [3.63, 3.8) is 0 Å². The second kappa shape index (κ2) is 8.51. The maximum atomic E-state index is 12.1. The number of morpholine rings is 1. The van der Waals surface area contributed by atoms with E-state index in [0.717, 1.165) is 5.56 Å². The third kappa shape index (κ3) is 5.46. The number of carbonyl (C=O) groups excluding carboxylic acids is 1. The van der Waals surface area contributed by atoms with Gasteiger partial charge in [-0.15, -0.1) is 0 Å². The summed E-state index contributed by atoms with van der Waals surface area (Å²) in [6, 6.07) is 9.78. The highest BCUT2D eigenvalue weighted by molar-refractivity contribution is 5.76. The summed E-state index contributed by atoms with van der Waals surface area (Å²) in [5.41, 5.74) is 1.07. The lowest BCUT2D eigenvalue weighted by atomic mass is 10.2. The van der Waals surface area contributed by atoms with E-state index < -0.39 is 12.1 Å². The summed E-state index contributed by atoms with van der Waals surface area (Å²) in [5.74, 6) is -0.933. The molecule has 6 heteroatoms. The van der Waals surface area contributed by atoms with E-state index in [1.807, 2.05) is 30.3 Å². The van der Waals surface area contributed by atoms with Crippen LogP contribution in [0, 0.1) is 0 Å². The SMILES string of the molecule is O=C(O)CC1CN(C(=O)CCOCc2ccccc2)CCO1. The van der Waals surface area contributed by atoms with Gasteiger partial charge < -0.3 is 19.5 Å². The summed E-state index contributed by atoms with van der Waals surface area (Å²) >= 11 is 0. The van der Waals surface area contributed by atoms with Crippen LogP contribution in [-0.2, 0) is 25.7 Å². The Kier molecular flexibility index (Phi) is 6.36. The molecule has 0 saturated carbocycles. The highest BCUT2D eigenvalue weighted by Crippen LogP contribution is 2.10. The molecular formula is C16H21NO5. The first-order valence-electron chi connectivity index (χ1n) is 7.38. The zero-order valence-electron chi connectivity index (χ0n) is 12.4. The molecule has 0 spiro atoms. The Hall–Kier alpha value is -1.92. The molecule has 1 aromatic carbocycles. The fourth-order valence-electron chi connectivity index (χ4n) is 2.35. The first-order chi connectivity index (χ1) is 10.6. The van der Waals surface area contributed by atoms with Crippen molar-refractivity contribution in [1.29, 1.82) is 0 Å². The molecule has 1 N–H and O–H groups in total. The highest BCUT2D eigenvalue weighted by Gasteiger charge is 2.25. The van der Waals surface area contributed by atoms with E-state index in [0.29, 0.717) is 39.3 Å². The maximum Gasteiger partial charge on any atom is 0.306 e. The number of carbonyl (C=O) groups is 2. The molecule has 22 heavy (non-hydrogen) atoms. The number of hydrogen-bond acceptors (Lipinski definition) is 4. The molecule has 0 aliphatic carbocycles. The van der Waals surface area contributed by atoms with E-state index in [1.54, 1.807) is 4.90 Å². The highest BCUT2D eigenvalue weighted by atomic mass is 16.5. The summed E-state index contributed by atoms with van der Waals surface area (Å²) in [4.78, 5) is 24.4. The number of rotatable bonds is 7. The third-order valence-electron chi connectivity index (χ3n) is 3.47. The third-order valence-corrected chi connectivity index (χ3v) is 3.47. The van der Waals surface area contributed by atoms with Gasteiger partial charge in [-0.3, -0.25) is 9.59 Å². The van der Waals surface area contributed by atoms with Crippen LogP contribution in [0.5, 0.6) is 0 Å². The first kappa shape index (κ1) is 16.5. The normalized spacial score (nSPS) is 18.2. The Bertz CT molecular complexity index is 491. The number of amides is 1. The molecule has 1 aliphatic heterocycles. The number of carboxylic acids is 1. The molecule has 1 fully saturated rings. The zero-order chi connectivity index (χ0) is 15.8. The largest absolute Gasteiger partial charge is 0.481 e. The first-order valence-corrected chi connectivity index (χ1v) is 7.38. The van der Waals surface area contributed by atoms with Crippen LogP contribution in [-0.4, -0.2) is 54.3 Å². The van der Waals surface area contributed by atoms with Crippen molar-refractivity contribution in [2.24, 2.45) is 0 Å². The van der Waals surface area contributed by atoms with Gasteiger partial charge in [-0.2, -0.15) is 0 Å². The second-order valence-electron chi connectivity index (χ2n) is 5.22. The lowest BCUT2D eigenvalue weighted by molar-refractivity contribution is -0.148. The Morgan fingerprint density at radius 1 is 1.32 bits per heavy atom. The van der Waals surface area contributed by atoms with Gasteiger partial charge in [0.2, 0.25) is 5.91 Å². The van der Waals surface area contributed by atoms with Crippen molar-refractivity contribution in [1.82, 2.24) is 4.90 Å². The summed E-state index contributed by atoms with van der Waals surface area (Å²) in [6.45, 7) is 2.07. The number of carboxylic acid groups (broad SMARTS) is 1. The van der Waals surface area contributed by atoms with E-state index >= 15 is 0 Å². The van der Waals surface area contributed by atoms with Crippen LogP contribution in [0.3, 0.4) is 0 Å². The van der Waals surface area contributed by atoms with E-state index in [4.69, 9.17) is 14.6 Å². The van der Waals surface area contributed by atoms with Gasteiger partial charge in [0.1, 0.15) is 0 Å². The predicted molar refractivity (Wildman–Crippen MR) is 79.3 cm³/mol.